The standard InChI is InChI=1S/C11H20N2.ClH/c1-4-5-6-7-8-13-9-10(2)12-11(13)3;/h9H,4-8H2,1-3H3;1H. The van der Waals surface area contributed by atoms with E-state index in [0.717, 1.165) is 18.1 Å². The van der Waals surface area contributed by atoms with E-state index in [1.807, 2.05) is 0 Å². The largest absolute Gasteiger partial charge is 0.335 e. The van der Waals surface area contributed by atoms with Crippen molar-refractivity contribution in [3.8, 4) is 0 Å². The molecule has 1 rings (SSSR count). The molecule has 0 saturated carbocycles. The predicted molar refractivity (Wildman–Crippen MR) is 63.1 cm³/mol. The molecule has 3 heteroatoms. The number of hydrogen-bond donors (Lipinski definition) is 0. The maximum Gasteiger partial charge on any atom is 0.105 e. The van der Waals surface area contributed by atoms with Gasteiger partial charge in [0.05, 0.1) is 5.69 Å². The number of unbranched alkanes of at least 4 members (excludes halogenated alkanes) is 3. The fourth-order valence-corrected chi connectivity index (χ4v) is 1.60. The van der Waals surface area contributed by atoms with Gasteiger partial charge in [0.1, 0.15) is 5.82 Å². The molecule has 0 spiro atoms. The van der Waals surface area contributed by atoms with Gasteiger partial charge in [-0.3, -0.25) is 0 Å². The van der Waals surface area contributed by atoms with Crippen LogP contribution in [0.4, 0.5) is 0 Å². The van der Waals surface area contributed by atoms with Crippen molar-refractivity contribution in [3.63, 3.8) is 0 Å². The summed E-state index contributed by atoms with van der Waals surface area (Å²) >= 11 is 0. The summed E-state index contributed by atoms with van der Waals surface area (Å²) in [5.74, 6) is 1.15. The minimum atomic E-state index is 0. The van der Waals surface area contributed by atoms with Crippen molar-refractivity contribution in [2.24, 2.45) is 0 Å². The minimum Gasteiger partial charge on any atom is -0.335 e. The van der Waals surface area contributed by atoms with Gasteiger partial charge in [-0.15, -0.1) is 12.4 Å². The zero-order valence-corrected chi connectivity index (χ0v) is 10.2. The first-order valence-corrected chi connectivity index (χ1v) is 5.24. The van der Waals surface area contributed by atoms with E-state index in [4.69, 9.17) is 0 Å². The molecule has 0 aliphatic heterocycles. The van der Waals surface area contributed by atoms with Gasteiger partial charge in [0.15, 0.2) is 0 Å². The highest BCUT2D eigenvalue weighted by Gasteiger charge is 1.98. The predicted octanol–water partition coefficient (Wildman–Crippen LogP) is 3.50. The van der Waals surface area contributed by atoms with E-state index in [1.54, 1.807) is 0 Å². The van der Waals surface area contributed by atoms with Gasteiger partial charge in [0.25, 0.3) is 0 Å². The Morgan fingerprint density at radius 1 is 1.21 bits per heavy atom. The molecule has 0 amide bonds. The molecule has 1 heterocycles. The first-order valence-electron chi connectivity index (χ1n) is 5.24. The molecule has 2 nitrogen and oxygen atoms in total. The minimum absolute atomic E-state index is 0. The summed E-state index contributed by atoms with van der Waals surface area (Å²) in [5, 5.41) is 0. The molecule has 0 aliphatic carbocycles. The Hall–Kier alpha value is -0.500. The number of halogens is 1. The van der Waals surface area contributed by atoms with Crippen LogP contribution in [-0.2, 0) is 6.54 Å². The Balaban J connectivity index is 0.00000169. The molecule has 0 aliphatic rings. The van der Waals surface area contributed by atoms with E-state index in [0.29, 0.717) is 0 Å². The maximum atomic E-state index is 4.37. The van der Waals surface area contributed by atoms with Crippen molar-refractivity contribution in [2.45, 2.75) is 53.0 Å². The molecule has 0 N–H and O–H groups in total. The summed E-state index contributed by atoms with van der Waals surface area (Å²) < 4.78 is 2.25. The second kappa shape index (κ2) is 6.88. The fraction of sp³-hybridized carbons (Fsp3) is 0.727. The molecule has 0 unspecified atom stereocenters. The van der Waals surface area contributed by atoms with Gasteiger partial charge in [-0.2, -0.15) is 0 Å². The van der Waals surface area contributed by atoms with Gasteiger partial charge in [-0.25, -0.2) is 4.98 Å². The van der Waals surface area contributed by atoms with Crippen molar-refractivity contribution in [2.75, 3.05) is 0 Å². The normalized spacial score (nSPS) is 9.93. The molecule has 14 heavy (non-hydrogen) atoms. The van der Waals surface area contributed by atoms with Crippen LogP contribution in [0, 0.1) is 13.8 Å². The van der Waals surface area contributed by atoms with E-state index in [9.17, 15) is 0 Å². The molecule has 0 radical (unpaired) electrons. The van der Waals surface area contributed by atoms with Crippen LogP contribution in [-0.4, -0.2) is 9.55 Å². The maximum absolute atomic E-state index is 4.37. The zero-order chi connectivity index (χ0) is 9.68. The lowest BCUT2D eigenvalue weighted by Crippen LogP contribution is -1.98. The number of aromatic nitrogens is 2. The molecule has 1 aromatic rings. The molecular formula is C11H21ClN2. The van der Waals surface area contributed by atoms with Crippen molar-refractivity contribution in [1.29, 1.82) is 0 Å². The Morgan fingerprint density at radius 3 is 2.43 bits per heavy atom. The van der Waals surface area contributed by atoms with Gasteiger partial charge < -0.3 is 4.57 Å². The summed E-state index contributed by atoms with van der Waals surface area (Å²) in [6, 6.07) is 0. The first-order chi connectivity index (χ1) is 6.24. The SMILES string of the molecule is CCCCCCn1cc(C)nc1C.Cl. The molecule has 0 atom stereocenters. The van der Waals surface area contributed by atoms with Crippen LogP contribution in [0.1, 0.15) is 44.1 Å². The Kier molecular flexibility index (Phi) is 6.64. The fourth-order valence-electron chi connectivity index (χ4n) is 1.60. The van der Waals surface area contributed by atoms with Gasteiger partial charge in [0, 0.05) is 12.7 Å². The van der Waals surface area contributed by atoms with E-state index < -0.39 is 0 Å². The Morgan fingerprint density at radius 2 is 1.93 bits per heavy atom. The topological polar surface area (TPSA) is 17.8 Å². The smallest absolute Gasteiger partial charge is 0.105 e. The third-order valence-electron chi connectivity index (χ3n) is 2.35. The zero-order valence-electron chi connectivity index (χ0n) is 9.42. The summed E-state index contributed by atoms with van der Waals surface area (Å²) in [4.78, 5) is 4.37. The van der Waals surface area contributed by atoms with Crippen molar-refractivity contribution < 1.29 is 0 Å². The van der Waals surface area contributed by atoms with Gasteiger partial charge in [-0.05, 0) is 20.3 Å². The summed E-state index contributed by atoms with van der Waals surface area (Å²) in [7, 11) is 0. The van der Waals surface area contributed by atoms with Crippen molar-refractivity contribution >= 4 is 12.4 Å². The van der Waals surface area contributed by atoms with Crippen molar-refractivity contribution in [1.82, 2.24) is 9.55 Å². The van der Waals surface area contributed by atoms with Crippen LogP contribution in [0.3, 0.4) is 0 Å². The third-order valence-corrected chi connectivity index (χ3v) is 2.35. The number of nitrogens with zero attached hydrogens (tertiary/aromatic N) is 2. The highest BCUT2D eigenvalue weighted by Crippen LogP contribution is 2.05. The van der Waals surface area contributed by atoms with Crippen LogP contribution in [0.15, 0.2) is 6.20 Å². The molecule has 82 valence electrons. The summed E-state index contributed by atoms with van der Waals surface area (Å²) in [6.45, 7) is 7.50. The second-order valence-electron chi connectivity index (χ2n) is 3.68. The third kappa shape index (κ3) is 4.14. The van der Waals surface area contributed by atoms with Gasteiger partial charge in [0.2, 0.25) is 0 Å². The van der Waals surface area contributed by atoms with Crippen LogP contribution >= 0.6 is 12.4 Å². The lowest BCUT2D eigenvalue weighted by molar-refractivity contribution is 0.573. The molecule has 0 aromatic carbocycles. The number of imidazole rings is 1. The van der Waals surface area contributed by atoms with E-state index in [1.165, 1.54) is 25.7 Å². The van der Waals surface area contributed by atoms with Crippen LogP contribution in [0.25, 0.3) is 0 Å². The molecule has 0 fully saturated rings. The average molecular weight is 217 g/mol. The Labute approximate surface area is 93.1 Å². The van der Waals surface area contributed by atoms with Gasteiger partial charge >= 0.3 is 0 Å². The van der Waals surface area contributed by atoms with Crippen LogP contribution in [0.2, 0.25) is 0 Å². The van der Waals surface area contributed by atoms with E-state index in [-0.39, 0.29) is 12.4 Å². The highest BCUT2D eigenvalue weighted by molar-refractivity contribution is 5.85. The van der Waals surface area contributed by atoms with E-state index >= 15 is 0 Å². The lowest BCUT2D eigenvalue weighted by Gasteiger charge is -2.03. The number of rotatable bonds is 5. The molecular weight excluding hydrogens is 196 g/mol. The number of hydrogen-bond acceptors (Lipinski definition) is 1. The van der Waals surface area contributed by atoms with E-state index in [2.05, 4.69) is 36.5 Å². The van der Waals surface area contributed by atoms with Crippen LogP contribution in [0.5, 0.6) is 0 Å². The highest BCUT2D eigenvalue weighted by atomic mass is 35.5. The van der Waals surface area contributed by atoms with Crippen LogP contribution < -0.4 is 0 Å². The lowest BCUT2D eigenvalue weighted by atomic mass is 10.2. The molecule has 0 bridgehead atoms. The van der Waals surface area contributed by atoms with Gasteiger partial charge in [-0.1, -0.05) is 26.2 Å². The monoisotopic (exact) mass is 216 g/mol. The van der Waals surface area contributed by atoms with Crippen molar-refractivity contribution in [3.05, 3.63) is 17.7 Å². The summed E-state index contributed by atoms with van der Waals surface area (Å²) in [5.41, 5.74) is 1.13. The second-order valence-corrected chi connectivity index (χ2v) is 3.68. The quantitative estimate of drug-likeness (QED) is 0.689. The first kappa shape index (κ1) is 13.5. The Bertz CT molecular complexity index is 256. The molecule has 1 aromatic heterocycles. The average Bonchev–Trinajstić information content (AvgIpc) is 2.39. The number of aryl methyl sites for hydroxylation is 3. The summed E-state index contributed by atoms with van der Waals surface area (Å²) in [6.07, 6.45) is 7.42. The molecule has 0 saturated heterocycles.